The second-order valence-electron chi connectivity index (χ2n) is 3.65. The van der Waals surface area contributed by atoms with Crippen molar-refractivity contribution in [3.05, 3.63) is 35.4 Å². The van der Waals surface area contributed by atoms with Gasteiger partial charge in [-0.1, -0.05) is 38.5 Å². The van der Waals surface area contributed by atoms with Crippen molar-refractivity contribution >= 4 is 16.8 Å². The van der Waals surface area contributed by atoms with Crippen molar-refractivity contribution in [2.24, 2.45) is 5.92 Å². The van der Waals surface area contributed by atoms with Crippen LogP contribution in [0.2, 0.25) is 0 Å². The van der Waals surface area contributed by atoms with Crippen LogP contribution >= 0.6 is 11.6 Å². The van der Waals surface area contributed by atoms with Crippen molar-refractivity contribution in [3.63, 3.8) is 0 Å². The topological polar surface area (TPSA) is 17.1 Å². The minimum atomic E-state index is -0.357. The second kappa shape index (κ2) is 5.16. The van der Waals surface area contributed by atoms with Crippen molar-refractivity contribution in [1.82, 2.24) is 0 Å². The molecule has 0 amide bonds. The standard InChI is InChI=1S/C12H15ClO/c1-3-9(2)8-10-6-4-5-7-11(10)12(13)14/h4-7,9H,3,8H2,1-2H3. The number of carbonyl (C=O) groups excluding carboxylic acids is 1. The summed E-state index contributed by atoms with van der Waals surface area (Å²) in [6.45, 7) is 4.32. The van der Waals surface area contributed by atoms with Gasteiger partial charge in [0.15, 0.2) is 0 Å². The quantitative estimate of drug-likeness (QED) is 0.694. The van der Waals surface area contributed by atoms with Crippen LogP contribution in [-0.4, -0.2) is 5.24 Å². The van der Waals surface area contributed by atoms with Gasteiger partial charge in [0.2, 0.25) is 0 Å². The molecule has 1 aromatic carbocycles. The van der Waals surface area contributed by atoms with Gasteiger partial charge >= 0.3 is 0 Å². The maximum atomic E-state index is 11.1. The van der Waals surface area contributed by atoms with Crippen LogP contribution in [0.15, 0.2) is 24.3 Å². The van der Waals surface area contributed by atoms with Crippen LogP contribution < -0.4 is 0 Å². The van der Waals surface area contributed by atoms with Crippen LogP contribution in [0.1, 0.15) is 36.2 Å². The molecule has 0 bridgehead atoms. The Hall–Kier alpha value is -0.820. The largest absolute Gasteiger partial charge is 0.276 e. The number of hydrogen-bond donors (Lipinski definition) is 0. The smallest absolute Gasteiger partial charge is 0.252 e. The molecule has 1 aromatic rings. The first-order valence-electron chi connectivity index (χ1n) is 4.92. The van der Waals surface area contributed by atoms with Crippen LogP contribution in [0.5, 0.6) is 0 Å². The molecule has 0 heterocycles. The zero-order valence-corrected chi connectivity index (χ0v) is 9.34. The predicted octanol–water partition coefficient (Wildman–Crippen LogP) is 3.65. The number of hydrogen-bond acceptors (Lipinski definition) is 1. The van der Waals surface area contributed by atoms with Crippen molar-refractivity contribution < 1.29 is 4.79 Å². The highest BCUT2D eigenvalue weighted by Crippen LogP contribution is 2.17. The highest BCUT2D eigenvalue weighted by Gasteiger charge is 2.09. The van der Waals surface area contributed by atoms with E-state index in [2.05, 4.69) is 13.8 Å². The first-order valence-corrected chi connectivity index (χ1v) is 5.30. The average molecular weight is 211 g/mol. The van der Waals surface area contributed by atoms with E-state index in [1.165, 1.54) is 0 Å². The third-order valence-corrected chi connectivity index (χ3v) is 2.70. The number of carbonyl (C=O) groups is 1. The molecular formula is C12H15ClO. The first kappa shape index (κ1) is 11.3. The monoisotopic (exact) mass is 210 g/mol. The predicted molar refractivity (Wildman–Crippen MR) is 59.8 cm³/mol. The molecule has 0 saturated heterocycles. The third-order valence-electron chi connectivity index (χ3n) is 2.49. The summed E-state index contributed by atoms with van der Waals surface area (Å²) < 4.78 is 0. The minimum Gasteiger partial charge on any atom is -0.276 e. The van der Waals surface area contributed by atoms with E-state index in [0.29, 0.717) is 11.5 Å². The van der Waals surface area contributed by atoms with Crippen molar-refractivity contribution in [2.45, 2.75) is 26.7 Å². The number of halogens is 1. The molecule has 76 valence electrons. The Bertz CT molecular complexity index is 320. The third kappa shape index (κ3) is 2.85. The van der Waals surface area contributed by atoms with E-state index in [4.69, 9.17) is 11.6 Å². The minimum absolute atomic E-state index is 0.357. The van der Waals surface area contributed by atoms with E-state index in [1.54, 1.807) is 6.07 Å². The molecule has 0 aliphatic heterocycles. The molecule has 0 radical (unpaired) electrons. The maximum absolute atomic E-state index is 11.1. The van der Waals surface area contributed by atoms with Crippen molar-refractivity contribution in [3.8, 4) is 0 Å². The van der Waals surface area contributed by atoms with Gasteiger partial charge in [0.05, 0.1) is 0 Å². The van der Waals surface area contributed by atoms with E-state index < -0.39 is 0 Å². The van der Waals surface area contributed by atoms with Crippen LogP contribution in [-0.2, 0) is 6.42 Å². The lowest BCUT2D eigenvalue weighted by atomic mass is 9.96. The lowest BCUT2D eigenvalue weighted by molar-refractivity contribution is 0.108. The van der Waals surface area contributed by atoms with Gasteiger partial charge in [0.1, 0.15) is 0 Å². The Kier molecular flexibility index (Phi) is 4.15. The Morgan fingerprint density at radius 3 is 2.64 bits per heavy atom. The molecule has 1 unspecified atom stereocenters. The fourth-order valence-corrected chi connectivity index (χ4v) is 1.59. The Labute approximate surface area is 90.1 Å². The van der Waals surface area contributed by atoms with Gasteiger partial charge in [0.25, 0.3) is 5.24 Å². The first-order chi connectivity index (χ1) is 6.65. The molecule has 1 rings (SSSR count). The Balaban J connectivity index is 2.90. The summed E-state index contributed by atoms with van der Waals surface area (Å²) in [7, 11) is 0. The van der Waals surface area contributed by atoms with Gasteiger partial charge in [-0.2, -0.15) is 0 Å². The second-order valence-corrected chi connectivity index (χ2v) is 3.99. The summed E-state index contributed by atoms with van der Waals surface area (Å²) >= 11 is 5.50. The molecule has 0 fully saturated rings. The van der Waals surface area contributed by atoms with Crippen LogP contribution in [0.3, 0.4) is 0 Å². The van der Waals surface area contributed by atoms with E-state index in [-0.39, 0.29) is 5.24 Å². The zero-order chi connectivity index (χ0) is 10.6. The average Bonchev–Trinajstić information content (AvgIpc) is 2.18. The molecule has 0 spiro atoms. The summed E-state index contributed by atoms with van der Waals surface area (Å²) in [5.74, 6) is 0.590. The van der Waals surface area contributed by atoms with Gasteiger partial charge in [-0.15, -0.1) is 0 Å². The van der Waals surface area contributed by atoms with E-state index >= 15 is 0 Å². The molecule has 1 atom stereocenters. The lowest BCUT2D eigenvalue weighted by Gasteiger charge is -2.10. The molecule has 0 aliphatic carbocycles. The number of rotatable bonds is 4. The van der Waals surface area contributed by atoms with Gasteiger partial charge in [-0.25, -0.2) is 0 Å². The molecule has 2 heteroatoms. The fraction of sp³-hybridized carbons (Fsp3) is 0.417. The molecule has 0 N–H and O–H groups in total. The summed E-state index contributed by atoms with van der Waals surface area (Å²) in [4.78, 5) is 11.1. The van der Waals surface area contributed by atoms with Crippen molar-refractivity contribution in [2.75, 3.05) is 0 Å². The summed E-state index contributed by atoms with van der Waals surface area (Å²) in [5, 5.41) is -0.357. The zero-order valence-electron chi connectivity index (χ0n) is 8.59. The highest BCUT2D eigenvalue weighted by atomic mass is 35.5. The van der Waals surface area contributed by atoms with Crippen molar-refractivity contribution in [1.29, 1.82) is 0 Å². The Morgan fingerprint density at radius 1 is 1.43 bits per heavy atom. The molecule has 0 aromatic heterocycles. The maximum Gasteiger partial charge on any atom is 0.252 e. The lowest BCUT2D eigenvalue weighted by Crippen LogP contribution is -2.03. The van der Waals surface area contributed by atoms with Gasteiger partial charge < -0.3 is 0 Å². The highest BCUT2D eigenvalue weighted by molar-refractivity contribution is 6.67. The van der Waals surface area contributed by atoms with Crippen LogP contribution in [0.25, 0.3) is 0 Å². The van der Waals surface area contributed by atoms with Crippen LogP contribution in [0, 0.1) is 5.92 Å². The van der Waals surface area contributed by atoms with E-state index in [9.17, 15) is 4.79 Å². The molecule has 14 heavy (non-hydrogen) atoms. The van der Waals surface area contributed by atoms with Gasteiger partial charge in [-0.05, 0) is 35.6 Å². The summed E-state index contributed by atoms with van der Waals surface area (Å²) in [6, 6.07) is 7.55. The van der Waals surface area contributed by atoms with E-state index in [1.807, 2.05) is 18.2 Å². The molecule has 0 aliphatic rings. The SMILES string of the molecule is CCC(C)Cc1ccccc1C(=O)Cl. The fourth-order valence-electron chi connectivity index (χ4n) is 1.41. The van der Waals surface area contributed by atoms with Gasteiger partial charge in [0, 0.05) is 5.56 Å². The summed E-state index contributed by atoms with van der Waals surface area (Å²) in [5.41, 5.74) is 1.70. The molecule has 0 saturated carbocycles. The summed E-state index contributed by atoms with van der Waals surface area (Å²) in [6.07, 6.45) is 2.04. The molecular weight excluding hydrogens is 196 g/mol. The molecule has 1 nitrogen and oxygen atoms in total. The normalized spacial score (nSPS) is 12.5. The number of benzene rings is 1. The van der Waals surface area contributed by atoms with Crippen LogP contribution in [0.4, 0.5) is 0 Å². The van der Waals surface area contributed by atoms with Gasteiger partial charge in [-0.3, -0.25) is 4.79 Å². The van der Waals surface area contributed by atoms with E-state index in [0.717, 1.165) is 18.4 Å². The Morgan fingerprint density at radius 2 is 2.07 bits per heavy atom.